The van der Waals surface area contributed by atoms with Gasteiger partial charge < -0.3 is 11.1 Å². The standard InChI is InChI=1S/C14H22N2O/c1-4-10-14(5-2,13(15)17)16-12-9-7-6-8-11(12)3/h6-9,16H,4-5,10H2,1-3H3,(H2,15,17). The number of nitrogens with two attached hydrogens (primary N) is 1. The molecule has 3 heteroatoms. The number of amides is 1. The van der Waals surface area contributed by atoms with Crippen LogP contribution in [0, 0.1) is 6.92 Å². The Morgan fingerprint density at radius 1 is 1.35 bits per heavy atom. The van der Waals surface area contributed by atoms with Crippen molar-refractivity contribution in [3.8, 4) is 0 Å². The predicted molar refractivity (Wildman–Crippen MR) is 71.9 cm³/mol. The molecule has 0 spiro atoms. The van der Waals surface area contributed by atoms with Crippen molar-refractivity contribution in [1.82, 2.24) is 0 Å². The molecule has 0 aliphatic rings. The van der Waals surface area contributed by atoms with Crippen LogP contribution in [0.2, 0.25) is 0 Å². The van der Waals surface area contributed by atoms with Gasteiger partial charge in [0, 0.05) is 5.69 Å². The molecule has 0 radical (unpaired) electrons. The van der Waals surface area contributed by atoms with Gasteiger partial charge in [-0.15, -0.1) is 0 Å². The second-order valence-corrected chi connectivity index (χ2v) is 4.49. The minimum atomic E-state index is -0.624. The van der Waals surface area contributed by atoms with Crippen molar-refractivity contribution in [3.05, 3.63) is 29.8 Å². The highest BCUT2D eigenvalue weighted by Crippen LogP contribution is 2.25. The number of carbonyl (C=O) groups excluding carboxylic acids is 1. The minimum absolute atomic E-state index is 0.273. The van der Waals surface area contributed by atoms with E-state index in [1.807, 2.05) is 38.1 Å². The maximum Gasteiger partial charge on any atom is 0.243 e. The van der Waals surface area contributed by atoms with Gasteiger partial charge in [-0.25, -0.2) is 0 Å². The van der Waals surface area contributed by atoms with Crippen LogP contribution in [0.5, 0.6) is 0 Å². The zero-order chi connectivity index (χ0) is 12.9. The van der Waals surface area contributed by atoms with Crippen LogP contribution in [0.4, 0.5) is 5.69 Å². The maximum atomic E-state index is 11.7. The van der Waals surface area contributed by atoms with E-state index in [2.05, 4.69) is 12.2 Å². The lowest BCUT2D eigenvalue weighted by Gasteiger charge is -2.32. The molecule has 1 aromatic carbocycles. The Morgan fingerprint density at radius 3 is 2.47 bits per heavy atom. The molecule has 0 bridgehead atoms. The van der Waals surface area contributed by atoms with Crippen LogP contribution in [-0.4, -0.2) is 11.4 Å². The van der Waals surface area contributed by atoms with Crippen molar-refractivity contribution in [2.75, 3.05) is 5.32 Å². The van der Waals surface area contributed by atoms with Crippen molar-refractivity contribution >= 4 is 11.6 Å². The summed E-state index contributed by atoms with van der Waals surface area (Å²) < 4.78 is 0. The molecule has 94 valence electrons. The van der Waals surface area contributed by atoms with Crippen LogP contribution in [0.3, 0.4) is 0 Å². The van der Waals surface area contributed by atoms with E-state index >= 15 is 0 Å². The minimum Gasteiger partial charge on any atom is -0.371 e. The third kappa shape index (κ3) is 2.99. The zero-order valence-electron chi connectivity index (χ0n) is 10.9. The van der Waals surface area contributed by atoms with Crippen LogP contribution >= 0.6 is 0 Å². The lowest BCUT2D eigenvalue weighted by atomic mass is 9.89. The van der Waals surface area contributed by atoms with Crippen LogP contribution in [0.15, 0.2) is 24.3 Å². The molecule has 3 nitrogen and oxygen atoms in total. The first kappa shape index (κ1) is 13.6. The van der Waals surface area contributed by atoms with Crippen molar-refractivity contribution in [2.24, 2.45) is 5.73 Å². The maximum absolute atomic E-state index is 11.7. The Morgan fingerprint density at radius 2 is 2.00 bits per heavy atom. The lowest BCUT2D eigenvalue weighted by Crippen LogP contribution is -2.50. The molecule has 0 saturated carbocycles. The van der Waals surface area contributed by atoms with Crippen molar-refractivity contribution in [3.63, 3.8) is 0 Å². The summed E-state index contributed by atoms with van der Waals surface area (Å²) in [6.07, 6.45) is 2.38. The predicted octanol–water partition coefficient (Wildman–Crippen LogP) is 2.84. The van der Waals surface area contributed by atoms with Crippen LogP contribution in [-0.2, 0) is 4.79 Å². The number of primary amides is 1. The fourth-order valence-corrected chi connectivity index (χ4v) is 2.08. The Balaban J connectivity index is 3.01. The molecule has 0 saturated heterocycles. The number of carbonyl (C=O) groups is 1. The summed E-state index contributed by atoms with van der Waals surface area (Å²) in [4.78, 5) is 11.7. The average Bonchev–Trinajstić information content (AvgIpc) is 2.31. The average molecular weight is 234 g/mol. The van der Waals surface area contributed by atoms with Crippen LogP contribution in [0.1, 0.15) is 38.7 Å². The Labute approximate surface area is 103 Å². The highest BCUT2D eigenvalue weighted by molar-refractivity contribution is 5.88. The number of hydrogen-bond acceptors (Lipinski definition) is 2. The lowest BCUT2D eigenvalue weighted by molar-refractivity contribution is -0.122. The zero-order valence-corrected chi connectivity index (χ0v) is 10.9. The summed E-state index contributed by atoms with van der Waals surface area (Å²) >= 11 is 0. The van der Waals surface area contributed by atoms with Gasteiger partial charge in [0.15, 0.2) is 0 Å². The molecule has 0 heterocycles. The Bertz CT molecular complexity index is 390. The van der Waals surface area contributed by atoms with E-state index in [9.17, 15) is 4.79 Å². The first-order valence-electron chi connectivity index (χ1n) is 6.19. The van der Waals surface area contributed by atoms with Crippen LogP contribution < -0.4 is 11.1 Å². The van der Waals surface area contributed by atoms with Crippen molar-refractivity contribution < 1.29 is 4.79 Å². The summed E-state index contributed by atoms with van der Waals surface area (Å²) in [6.45, 7) is 6.08. The smallest absolute Gasteiger partial charge is 0.243 e. The van der Waals surface area contributed by atoms with E-state index in [0.717, 1.165) is 24.1 Å². The molecular formula is C14H22N2O. The van der Waals surface area contributed by atoms with Gasteiger partial charge in [-0.05, 0) is 31.4 Å². The van der Waals surface area contributed by atoms with Gasteiger partial charge in [-0.3, -0.25) is 4.79 Å². The van der Waals surface area contributed by atoms with Gasteiger partial charge in [0.1, 0.15) is 5.54 Å². The highest BCUT2D eigenvalue weighted by atomic mass is 16.1. The molecule has 0 aliphatic heterocycles. The topological polar surface area (TPSA) is 55.1 Å². The molecule has 0 fully saturated rings. The number of anilines is 1. The molecule has 1 atom stereocenters. The van der Waals surface area contributed by atoms with Gasteiger partial charge in [-0.2, -0.15) is 0 Å². The number of rotatable bonds is 6. The van der Waals surface area contributed by atoms with E-state index in [0.29, 0.717) is 6.42 Å². The molecule has 1 amide bonds. The van der Waals surface area contributed by atoms with Gasteiger partial charge in [0.05, 0.1) is 0 Å². The van der Waals surface area contributed by atoms with E-state index in [4.69, 9.17) is 5.73 Å². The van der Waals surface area contributed by atoms with E-state index < -0.39 is 5.54 Å². The monoisotopic (exact) mass is 234 g/mol. The molecule has 0 aliphatic carbocycles. The van der Waals surface area contributed by atoms with Crippen molar-refractivity contribution in [1.29, 1.82) is 0 Å². The Hall–Kier alpha value is -1.51. The van der Waals surface area contributed by atoms with Gasteiger partial charge in [-0.1, -0.05) is 38.5 Å². The van der Waals surface area contributed by atoms with Gasteiger partial charge in [0.25, 0.3) is 0 Å². The number of aryl methyl sites for hydroxylation is 1. The normalized spacial score (nSPS) is 14.1. The second kappa shape index (κ2) is 5.71. The molecule has 3 N–H and O–H groups in total. The summed E-state index contributed by atoms with van der Waals surface area (Å²) in [7, 11) is 0. The SMILES string of the molecule is CCCC(CC)(Nc1ccccc1C)C(N)=O. The molecule has 17 heavy (non-hydrogen) atoms. The second-order valence-electron chi connectivity index (χ2n) is 4.49. The quantitative estimate of drug-likeness (QED) is 0.795. The largest absolute Gasteiger partial charge is 0.371 e. The summed E-state index contributed by atoms with van der Waals surface area (Å²) in [5.74, 6) is -0.273. The fraction of sp³-hybridized carbons (Fsp3) is 0.500. The van der Waals surface area contributed by atoms with E-state index in [-0.39, 0.29) is 5.91 Å². The van der Waals surface area contributed by atoms with Gasteiger partial charge in [0.2, 0.25) is 5.91 Å². The third-order valence-electron chi connectivity index (χ3n) is 3.27. The molecule has 1 aromatic rings. The van der Waals surface area contributed by atoms with Crippen LogP contribution in [0.25, 0.3) is 0 Å². The first-order valence-corrected chi connectivity index (χ1v) is 6.19. The van der Waals surface area contributed by atoms with E-state index in [1.54, 1.807) is 0 Å². The molecular weight excluding hydrogens is 212 g/mol. The Kier molecular flexibility index (Phi) is 4.55. The first-order chi connectivity index (χ1) is 8.05. The summed E-state index contributed by atoms with van der Waals surface area (Å²) in [6, 6.07) is 7.95. The highest BCUT2D eigenvalue weighted by Gasteiger charge is 2.33. The number of para-hydroxylation sites is 1. The number of nitrogens with one attached hydrogen (secondary N) is 1. The van der Waals surface area contributed by atoms with Gasteiger partial charge >= 0.3 is 0 Å². The van der Waals surface area contributed by atoms with E-state index in [1.165, 1.54) is 0 Å². The fourth-order valence-electron chi connectivity index (χ4n) is 2.08. The third-order valence-corrected chi connectivity index (χ3v) is 3.27. The number of benzene rings is 1. The summed E-state index contributed by atoms with van der Waals surface area (Å²) in [5, 5.41) is 3.34. The number of hydrogen-bond donors (Lipinski definition) is 2. The van der Waals surface area contributed by atoms with Crippen molar-refractivity contribution in [2.45, 2.75) is 45.6 Å². The summed E-state index contributed by atoms with van der Waals surface area (Å²) in [5.41, 5.74) is 7.06. The molecule has 0 aromatic heterocycles. The molecule has 1 rings (SSSR count). The molecule has 1 unspecified atom stereocenters.